The van der Waals surface area contributed by atoms with E-state index in [0.717, 1.165) is 6.42 Å². The molecule has 3 rings (SSSR count). The van der Waals surface area contributed by atoms with Crippen molar-refractivity contribution in [3.63, 3.8) is 0 Å². The molecule has 0 bridgehead atoms. The van der Waals surface area contributed by atoms with Gasteiger partial charge in [-0.05, 0) is 29.7 Å². The van der Waals surface area contributed by atoms with Crippen LogP contribution in [0.2, 0.25) is 0 Å². The Balaban J connectivity index is 1.66. The topological polar surface area (TPSA) is 35.2 Å². The number of halogens is 1. The molecule has 0 heterocycles. The van der Waals surface area contributed by atoms with Crippen molar-refractivity contribution < 1.29 is 9.13 Å². The highest BCUT2D eigenvalue weighted by Crippen LogP contribution is 2.35. The minimum atomic E-state index is -0.400. The molecule has 0 fully saturated rings. The molecule has 1 atom stereocenters. The Bertz CT molecular complexity index is 582. The molecule has 0 aliphatic heterocycles. The summed E-state index contributed by atoms with van der Waals surface area (Å²) < 4.78 is 19.0. The fourth-order valence-electron chi connectivity index (χ4n) is 2.34. The maximum Gasteiger partial charge on any atom is 0.167 e. The van der Waals surface area contributed by atoms with Crippen molar-refractivity contribution in [2.45, 2.75) is 12.3 Å². The predicted molar refractivity (Wildman–Crippen MR) is 69.2 cm³/mol. The number of rotatable bonds is 3. The van der Waals surface area contributed by atoms with Crippen LogP contribution in [0.4, 0.5) is 10.1 Å². The van der Waals surface area contributed by atoms with Gasteiger partial charge in [0.25, 0.3) is 0 Å². The molecular weight excluding hydrogens is 229 g/mol. The van der Waals surface area contributed by atoms with E-state index in [-0.39, 0.29) is 5.75 Å². The maximum atomic E-state index is 13.5. The number of hydrogen-bond donors (Lipinski definition) is 1. The molecule has 1 unspecified atom stereocenters. The van der Waals surface area contributed by atoms with Gasteiger partial charge >= 0.3 is 0 Å². The van der Waals surface area contributed by atoms with Gasteiger partial charge in [0.15, 0.2) is 11.6 Å². The normalized spacial score (nSPS) is 16.8. The van der Waals surface area contributed by atoms with Crippen LogP contribution < -0.4 is 10.5 Å². The Morgan fingerprint density at radius 1 is 1.22 bits per heavy atom. The van der Waals surface area contributed by atoms with Crippen LogP contribution in [0.15, 0.2) is 42.5 Å². The van der Waals surface area contributed by atoms with Crippen LogP contribution in [0.3, 0.4) is 0 Å². The monoisotopic (exact) mass is 243 g/mol. The molecule has 0 saturated carbocycles. The van der Waals surface area contributed by atoms with Crippen LogP contribution >= 0.6 is 0 Å². The molecule has 2 aromatic rings. The Hall–Kier alpha value is -2.03. The molecule has 0 amide bonds. The van der Waals surface area contributed by atoms with Crippen LogP contribution in [0.5, 0.6) is 5.75 Å². The summed E-state index contributed by atoms with van der Waals surface area (Å²) in [5.74, 6) is 0.245. The summed E-state index contributed by atoms with van der Waals surface area (Å²) in [6, 6.07) is 12.8. The molecule has 2 aromatic carbocycles. The van der Waals surface area contributed by atoms with E-state index >= 15 is 0 Å². The van der Waals surface area contributed by atoms with Gasteiger partial charge < -0.3 is 10.5 Å². The first-order valence-corrected chi connectivity index (χ1v) is 5.99. The van der Waals surface area contributed by atoms with Crippen molar-refractivity contribution in [3.8, 4) is 5.75 Å². The van der Waals surface area contributed by atoms with Gasteiger partial charge in [-0.1, -0.05) is 24.3 Å². The Morgan fingerprint density at radius 3 is 2.83 bits per heavy atom. The summed E-state index contributed by atoms with van der Waals surface area (Å²) in [6.07, 6.45) is 1.01. The number of ether oxygens (including phenoxy) is 1. The molecule has 0 radical (unpaired) electrons. The molecule has 92 valence electrons. The lowest BCUT2D eigenvalue weighted by Crippen LogP contribution is -2.23. The third-order valence-electron chi connectivity index (χ3n) is 3.36. The van der Waals surface area contributed by atoms with E-state index in [2.05, 4.69) is 12.1 Å². The van der Waals surface area contributed by atoms with Crippen molar-refractivity contribution in [1.29, 1.82) is 0 Å². The number of fused-ring (bicyclic) bond motifs is 1. The van der Waals surface area contributed by atoms with E-state index in [1.165, 1.54) is 17.2 Å². The largest absolute Gasteiger partial charge is 0.490 e. The molecule has 0 aromatic heterocycles. The van der Waals surface area contributed by atoms with Crippen LogP contribution in [-0.2, 0) is 6.42 Å². The average Bonchev–Trinajstić information content (AvgIpc) is 2.33. The predicted octanol–water partition coefficient (Wildman–Crippen LogP) is 3.13. The summed E-state index contributed by atoms with van der Waals surface area (Å²) in [6.45, 7) is 0.512. The summed E-state index contributed by atoms with van der Waals surface area (Å²) >= 11 is 0. The van der Waals surface area contributed by atoms with Crippen LogP contribution in [0.1, 0.15) is 17.0 Å². The SMILES string of the molecule is Nc1ccc(OCC2Cc3ccccc32)c(F)c1. The zero-order valence-corrected chi connectivity index (χ0v) is 9.90. The van der Waals surface area contributed by atoms with Gasteiger partial charge in [-0.3, -0.25) is 0 Å². The summed E-state index contributed by atoms with van der Waals surface area (Å²) in [5, 5.41) is 0. The average molecular weight is 243 g/mol. The minimum Gasteiger partial charge on any atom is -0.490 e. The van der Waals surface area contributed by atoms with E-state index in [1.807, 2.05) is 12.1 Å². The Morgan fingerprint density at radius 2 is 2.06 bits per heavy atom. The van der Waals surface area contributed by atoms with Gasteiger partial charge in [0.1, 0.15) is 0 Å². The quantitative estimate of drug-likeness (QED) is 0.840. The number of hydrogen-bond acceptors (Lipinski definition) is 2. The third kappa shape index (κ3) is 1.92. The molecule has 2 nitrogen and oxygen atoms in total. The lowest BCUT2D eigenvalue weighted by molar-refractivity contribution is 0.263. The zero-order valence-electron chi connectivity index (χ0n) is 9.90. The second-order valence-corrected chi connectivity index (χ2v) is 4.60. The zero-order chi connectivity index (χ0) is 12.5. The highest BCUT2D eigenvalue weighted by Gasteiger charge is 2.26. The summed E-state index contributed by atoms with van der Waals surface area (Å²) in [4.78, 5) is 0. The number of anilines is 1. The van der Waals surface area contributed by atoms with Gasteiger partial charge in [0, 0.05) is 17.7 Å². The highest BCUT2D eigenvalue weighted by molar-refractivity contribution is 5.43. The van der Waals surface area contributed by atoms with Crippen LogP contribution in [0.25, 0.3) is 0 Å². The fourth-order valence-corrected chi connectivity index (χ4v) is 2.34. The summed E-state index contributed by atoms with van der Waals surface area (Å²) in [7, 11) is 0. The second kappa shape index (κ2) is 4.33. The van der Waals surface area contributed by atoms with Crippen molar-refractivity contribution >= 4 is 5.69 Å². The molecular formula is C15H14FNO. The fraction of sp³-hybridized carbons (Fsp3) is 0.200. The van der Waals surface area contributed by atoms with Crippen LogP contribution in [0, 0.1) is 5.82 Å². The first-order valence-electron chi connectivity index (χ1n) is 5.99. The highest BCUT2D eigenvalue weighted by atomic mass is 19.1. The molecule has 3 heteroatoms. The molecule has 0 spiro atoms. The lowest BCUT2D eigenvalue weighted by Gasteiger charge is -2.29. The molecule has 2 N–H and O–H groups in total. The number of nitrogens with two attached hydrogens (primary N) is 1. The number of nitrogen functional groups attached to an aromatic ring is 1. The smallest absolute Gasteiger partial charge is 0.167 e. The van der Waals surface area contributed by atoms with Gasteiger partial charge in [0.2, 0.25) is 0 Å². The van der Waals surface area contributed by atoms with Crippen molar-refractivity contribution in [3.05, 3.63) is 59.4 Å². The van der Waals surface area contributed by atoms with E-state index in [1.54, 1.807) is 12.1 Å². The van der Waals surface area contributed by atoms with Gasteiger partial charge in [0.05, 0.1) is 6.61 Å². The van der Waals surface area contributed by atoms with Gasteiger partial charge in [-0.25, -0.2) is 4.39 Å². The van der Waals surface area contributed by atoms with Gasteiger partial charge in [-0.15, -0.1) is 0 Å². The Kier molecular flexibility index (Phi) is 2.67. The van der Waals surface area contributed by atoms with Crippen LogP contribution in [-0.4, -0.2) is 6.61 Å². The summed E-state index contributed by atoms with van der Waals surface area (Å²) in [5.41, 5.74) is 8.58. The Labute approximate surface area is 105 Å². The van der Waals surface area contributed by atoms with E-state index < -0.39 is 5.82 Å². The number of benzene rings is 2. The van der Waals surface area contributed by atoms with E-state index in [9.17, 15) is 4.39 Å². The van der Waals surface area contributed by atoms with Crippen molar-refractivity contribution in [2.24, 2.45) is 0 Å². The molecule has 0 saturated heterocycles. The van der Waals surface area contributed by atoms with Crippen molar-refractivity contribution in [2.75, 3.05) is 12.3 Å². The first-order chi connectivity index (χ1) is 8.74. The van der Waals surface area contributed by atoms with Crippen molar-refractivity contribution in [1.82, 2.24) is 0 Å². The lowest BCUT2D eigenvalue weighted by atomic mass is 9.78. The maximum absolute atomic E-state index is 13.5. The molecule has 18 heavy (non-hydrogen) atoms. The molecule has 1 aliphatic carbocycles. The van der Waals surface area contributed by atoms with E-state index in [0.29, 0.717) is 18.2 Å². The standard InChI is InChI=1S/C15H14FNO/c16-14-8-12(17)5-6-15(14)18-9-11-7-10-3-1-2-4-13(10)11/h1-6,8,11H,7,9,17H2. The van der Waals surface area contributed by atoms with E-state index in [4.69, 9.17) is 10.5 Å². The molecule has 1 aliphatic rings. The van der Waals surface area contributed by atoms with Gasteiger partial charge in [-0.2, -0.15) is 0 Å². The third-order valence-corrected chi connectivity index (χ3v) is 3.36. The first kappa shape index (κ1) is 11.1. The second-order valence-electron chi connectivity index (χ2n) is 4.60. The minimum absolute atomic E-state index is 0.272.